The molecule has 1 atom stereocenters. The molecule has 0 aromatic rings. The lowest BCUT2D eigenvalue weighted by molar-refractivity contribution is 0.181. The van der Waals surface area contributed by atoms with Crippen LogP contribution in [-0.4, -0.2) is 18.8 Å². The van der Waals surface area contributed by atoms with Gasteiger partial charge in [-0.3, -0.25) is 0 Å². The Bertz CT molecular complexity index is 194. The molecule has 0 aliphatic heterocycles. The molecule has 1 N–H and O–H groups in total. The van der Waals surface area contributed by atoms with Crippen molar-refractivity contribution in [2.45, 2.75) is 13.3 Å². The first-order chi connectivity index (χ1) is 5.20. The van der Waals surface area contributed by atoms with E-state index in [9.17, 15) is 0 Å². The van der Waals surface area contributed by atoms with Gasteiger partial charge in [-0.15, -0.1) is 0 Å². The van der Waals surface area contributed by atoms with Gasteiger partial charge in [0.15, 0.2) is 0 Å². The summed E-state index contributed by atoms with van der Waals surface area (Å²) in [6, 6.07) is 0. The van der Waals surface area contributed by atoms with E-state index in [-0.39, 0.29) is 12.0 Å². The Balaban J connectivity index is 2.63. The molecular weight excluding hydrogens is 140 g/mol. The molecule has 0 saturated carbocycles. The third-order valence-electron chi connectivity index (χ3n) is 2.02. The zero-order valence-electron chi connectivity index (χ0n) is 7.00. The van der Waals surface area contributed by atoms with Crippen molar-refractivity contribution < 1.29 is 9.84 Å². The number of hydrogen-bond acceptors (Lipinski definition) is 2. The van der Waals surface area contributed by atoms with Crippen molar-refractivity contribution in [3.8, 4) is 0 Å². The van der Waals surface area contributed by atoms with E-state index >= 15 is 0 Å². The fraction of sp³-hybridized carbons (Fsp3) is 0.556. The average Bonchev–Trinajstić information content (AvgIpc) is 2.06. The van der Waals surface area contributed by atoms with Gasteiger partial charge in [0, 0.05) is 5.41 Å². The van der Waals surface area contributed by atoms with Crippen LogP contribution < -0.4 is 0 Å². The van der Waals surface area contributed by atoms with Crippen molar-refractivity contribution in [2.75, 3.05) is 13.7 Å². The van der Waals surface area contributed by atoms with Crippen LogP contribution in [0.25, 0.3) is 0 Å². The molecule has 0 bridgehead atoms. The molecule has 0 amide bonds. The Labute approximate surface area is 67.2 Å². The normalized spacial score (nSPS) is 29.9. The number of aliphatic hydroxyl groups is 1. The van der Waals surface area contributed by atoms with Crippen LogP contribution in [0.5, 0.6) is 0 Å². The first-order valence-corrected chi connectivity index (χ1v) is 3.74. The van der Waals surface area contributed by atoms with Gasteiger partial charge in [0.2, 0.25) is 0 Å². The minimum Gasteiger partial charge on any atom is -0.497 e. The molecule has 0 radical (unpaired) electrons. The molecule has 2 nitrogen and oxygen atoms in total. The van der Waals surface area contributed by atoms with Gasteiger partial charge in [0.1, 0.15) is 5.76 Å². The third-order valence-corrected chi connectivity index (χ3v) is 2.02. The summed E-state index contributed by atoms with van der Waals surface area (Å²) in [5.41, 5.74) is -0.0813. The predicted octanol–water partition coefficient (Wildman–Crippen LogP) is 1.48. The molecule has 1 rings (SSSR count). The SMILES string of the molecule is COC1=CCC(C)(CO)C=C1. The lowest BCUT2D eigenvalue weighted by atomic mass is 9.84. The summed E-state index contributed by atoms with van der Waals surface area (Å²) in [4.78, 5) is 0. The Morgan fingerprint density at radius 2 is 2.45 bits per heavy atom. The summed E-state index contributed by atoms with van der Waals surface area (Å²) in [5, 5.41) is 8.99. The Kier molecular flexibility index (Phi) is 2.35. The van der Waals surface area contributed by atoms with Crippen molar-refractivity contribution >= 4 is 0 Å². The summed E-state index contributed by atoms with van der Waals surface area (Å²) in [6.07, 6.45) is 6.74. The molecule has 0 saturated heterocycles. The maximum absolute atomic E-state index is 8.99. The number of methoxy groups -OCH3 is 1. The van der Waals surface area contributed by atoms with Crippen molar-refractivity contribution in [3.05, 3.63) is 24.0 Å². The highest BCUT2D eigenvalue weighted by atomic mass is 16.5. The molecule has 0 fully saturated rings. The largest absolute Gasteiger partial charge is 0.497 e. The van der Waals surface area contributed by atoms with E-state index in [1.165, 1.54) is 0 Å². The van der Waals surface area contributed by atoms with Gasteiger partial charge in [-0.25, -0.2) is 0 Å². The molecule has 0 aromatic heterocycles. The van der Waals surface area contributed by atoms with Gasteiger partial charge in [-0.2, -0.15) is 0 Å². The third kappa shape index (κ3) is 1.84. The first kappa shape index (κ1) is 8.34. The molecule has 0 spiro atoms. The van der Waals surface area contributed by atoms with Crippen LogP contribution in [0.4, 0.5) is 0 Å². The summed E-state index contributed by atoms with van der Waals surface area (Å²) in [5.74, 6) is 0.885. The fourth-order valence-corrected chi connectivity index (χ4v) is 1.02. The zero-order chi connectivity index (χ0) is 8.32. The summed E-state index contributed by atoms with van der Waals surface area (Å²) >= 11 is 0. The van der Waals surface area contributed by atoms with Crippen LogP contribution in [-0.2, 0) is 4.74 Å². The number of ether oxygens (including phenoxy) is 1. The van der Waals surface area contributed by atoms with Gasteiger partial charge < -0.3 is 9.84 Å². The van der Waals surface area contributed by atoms with E-state index in [1.807, 2.05) is 25.2 Å². The summed E-state index contributed by atoms with van der Waals surface area (Å²) in [7, 11) is 1.65. The highest BCUT2D eigenvalue weighted by molar-refractivity contribution is 5.21. The summed E-state index contributed by atoms with van der Waals surface area (Å²) < 4.78 is 5.02. The second-order valence-corrected chi connectivity index (χ2v) is 3.16. The van der Waals surface area contributed by atoms with Crippen molar-refractivity contribution in [2.24, 2.45) is 5.41 Å². The van der Waals surface area contributed by atoms with Crippen LogP contribution in [0.15, 0.2) is 24.0 Å². The summed E-state index contributed by atoms with van der Waals surface area (Å²) in [6.45, 7) is 2.21. The number of allylic oxidation sites excluding steroid dienone is 2. The van der Waals surface area contributed by atoms with Gasteiger partial charge >= 0.3 is 0 Å². The first-order valence-electron chi connectivity index (χ1n) is 3.74. The van der Waals surface area contributed by atoms with Crippen molar-refractivity contribution in [1.82, 2.24) is 0 Å². The van der Waals surface area contributed by atoms with Crippen LogP contribution in [0, 0.1) is 5.41 Å². The van der Waals surface area contributed by atoms with E-state index in [0.717, 1.165) is 12.2 Å². The molecule has 1 aliphatic carbocycles. The molecule has 2 heteroatoms. The average molecular weight is 154 g/mol. The van der Waals surface area contributed by atoms with E-state index in [2.05, 4.69) is 0 Å². The highest BCUT2D eigenvalue weighted by Gasteiger charge is 2.21. The van der Waals surface area contributed by atoms with Gasteiger partial charge in [0.05, 0.1) is 13.7 Å². The predicted molar refractivity (Wildman–Crippen MR) is 44.0 cm³/mol. The lowest BCUT2D eigenvalue weighted by Crippen LogP contribution is -2.19. The second kappa shape index (κ2) is 3.09. The number of rotatable bonds is 2. The Hall–Kier alpha value is -0.760. The van der Waals surface area contributed by atoms with E-state index in [1.54, 1.807) is 7.11 Å². The van der Waals surface area contributed by atoms with E-state index in [0.29, 0.717) is 0 Å². The van der Waals surface area contributed by atoms with Crippen LogP contribution in [0.1, 0.15) is 13.3 Å². The lowest BCUT2D eigenvalue weighted by Gasteiger charge is -2.24. The van der Waals surface area contributed by atoms with Crippen LogP contribution in [0.2, 0.25) is 0 Å². The van der Waals surface area contributed by atoms with Gasteiger partial charge in [0.25, 0.3) is 0 Å². The van der Waals surface area contributed by atoms with Crippen molar-refractivity contribution in [1.29, 1.82) is 0 Å². The molecule has 62 valence electrons. The quantitative estimate of drug-likeness (QED) is 0.652. The van der Waals surface area contributed by atoms with Crippen LogP contribution >= 0.6 is 0 Å². The highest BCUT2D eigenvalue weighted by Crippen LogP contribution is 2.28. The maximum Gasteiger partial charge on any atom is 0.114 e. The Morgan fingerprint density at radius 3 is 2.82 bits per heavy atom. The molecular formula is C9H14O2. The molecule has 1 unspecified atom stereocenters. The monoisotopic (exact) mass is 154 g/mol. The minimum absolute atomic E-state index is 0.0813. The number of aliphatic hydroxyl groups excluding tert-OH is 1. The van der Waals surface area contributed by atoms with Crippen LogP contribution in [0.3, 0.4) is 0 Å². The molecule has 1 aliphatic rings. The number of hydrogen-bond donors (Lipinski definition) is 1. The van der Waals surface area contributed by atoms with Gasteiger partial charge in [-0.1, -0.05) is 13.0 Å². The van der Waals surface area contributed by atoms with Gasteiger partial charge in [-0.05, 0) is 18.6 Å². The van der Waals surface area contributed by atoms with Crippen molar-refractivity contribution in [3.63, 3.8) is 0 Å². The molecule has 11 heavy (non-hydrogen) atoms. The standard InChI is InChI=1S/C9H14O2/c1-9(7-10)5-3-8(11-2)4-6-9/h3-5,10H,6-7H2,1-2H3. The molecule has 0 heterocycles. The van der Waals surface area contributed by atoms with E-state index < -0.39 is 0 Å². The Morgan fingerprint density at radius 1 is 1.73 bits per heavy atom. The zero-order valence-corrected chi connectivity index (χ0v) is 7.00. The maximum atomic E-state index is 8.99. The smallest absolute Gasteiger partial charge is 0.114 e. The minimum atomic E-state index is -0.0813. The second-order valence-electron chi connectivity index (χ2n) is 3.16. The van der Waals surface area contributed by atoms with E-state index in [4.69, 9.17) is 9.84 Å². The fourth-order valence-electron chi connectivity index (χ4n) is 1.02. The topological polar surface area (TPSA) is 29.5 Å². The molecule has 0 aromatic carbocycles.